The number of nitrogens with zero attached hydrogens (tertiary/aromatic N) is 2. The molecule has 1 saturated heterocycles. The first-order valence-corrected chi connectivity index (χ1v) is 4.55. The zero-order valence-corrected chi connectivity index (χ0v) is 8.46. The van der Waals surface area contributed by atoms with E-state index in [9.17, 15) is 0 Å². The van der Waals surface area contributed by atoms with Gasteiger partial charge >= 0.3 is 0 Å². The average Bonchev–Trinajstić information content (AvgIpc) is 2.13. The molecule has 66 valence electrons. The second-order valence-corrected chi connectivity index (χ2v) is 4.31. The lowest BCUT2D eigenvalue weighted by molar-refractivity contribution is -0.904. The van der Waals surface area contributed by atoms with Crippen molar-refractivity contribution in [2.75, 3.05) is 27.3 Å². The van der Waals surface area contributed by atoms with Gasteiger partial charge in [-0.05, 0) is 13.8 Å². The Bertz CT molecular complexity index is 142. The fourth-order valence-corrected chi connectivity index (χ4v) is 2.00. The molecule has 0 bridgehead atoms. The van der Waals surface area contributed by atoms with Crippen molar-refractivity contribution in [1.82, 2.24) is 4.90 Å². The fourth-order valence-electron chi connectivity index (χ4n) is 2.00. The summed E-state index contributed by atoms with van der Waals surface area (Å²) in [5, 5.41) is 0. The molecule has 2 heteroatoms. The minimum Gasteiger partial charge on any atom is -0.312 e. The van der Waals surface area contributed by atoms with Crippen LogP contribution in [0.1, 0.15) is 20.8 Å². The van der Waals surface area contributed by atoms with E-state index < -0.39 is 0 Å². The van der Waals surface area contributed by atoms with Crippen molar-refractivity contribution < 1.29 is 4.48 Å². The van der Waals surface area contributed by atoms with E-state index in [0.29, 0.717) is 0 Å². The van der Waals surface area contributed by atoms with Gasteiger partial charge < -0.3 is 4.48 Å². The van der Waals surface area contributed by atoms with Gasteiger partial charge in [0.2, 0.25) is 0 Å². The van der Waals surface area contributed by atoms with E-state index in [-0.39, 0.29) is 0 Å². The van der Waals surface area contributed by atoms with Gasteiger partial charge in [0.25, 0.3) is 0 Å². The van der Waals surface area contributed by atoms with E-state index >= 15 is 0 Å². The van der Waals surface area contributed by atoms with E-state index in [1.807, 2.05) is 0 Å². The van der Waals surface area contributed by atoms with Gasteiger partial charge in [0.05, 0.1) is 20.1 Å². The van der Waals surface area contributed by atoms with E-state index in [2.05, 4.69) is 39.8 Å². The molecule has 2 unspecified atom stereocenters. The Morgan fingerprint density at radius 3 is 2.09 bits per heavy atom. The largest absolute Gasteiger partial charge is 0.312 e. The van der Waals surface area contributed by atoms with E-state index in [4.69, 9.17) is 0 Å². The summed E-state index contributed by atoms with van der Waals surface area (Å²) in [4.78, 5) is 2.55. The van der Waals surface area contributed by atoms with Crippen LogP contribution in [0.5, 0.6) is 0 Å². The highest BCUT2D eigenvalue weighted by molar-refractivity contribution is 4.76. The van der Waals surface area contributed by atoms with Crippen LogP contribution in [0.25, 0.3) is 0 Å². The highest BCUT2D eigenvalue weighted by Crippen LogP contribution is 2.23. The maximum atomic E-state index is 2.55. The minimum absolute atomic E-state index is 0.745. The lowest BCUT2D eigenvalue weighted by Gasteiger charge is -2.28. The summed E-state index contributed by atoms with van der Waals surface area (Å²) in [5.41, 5.74) is 0. The summed E-state index contributed by atoms with van der Waals surface area (Å²) in [6, 6.07) is 1.52. The molecule has 0 radical (unpaired) electrons. The SMILES string of the molecule is CCN1C[N+](C)(C)C(C)C1C. The Kier molecular flexibility index (Phi) is 2.26. The molecule has 1 fully saturated rings. The van der Waals surface area contributed by atoms with Gasteiger partial charge in [-0.2, -0.15) is 0 Å². The van der Waals surface area contributed by atoms with Crippen molar-refractivity contribution in [3.63, 3.8) is 0 Å². The van der Waals surface area contributed by atoms with Crippen molar-refractivity contribution in [2.45, 2.75) is 32.9 Å². The second-order valence-electron chi connectivity index (χ2n) is 4.31. The Morgan fingerprint density at radius 2 is 1.91 bits per heavy atom. The van der Waals surface area contributed by atoms with Crippen molar-refractivity contribution in [1.29, 1.82) is 0 Å². The fraction of sp³-hybridized carbons (Fsp3) is 1.00. The number of hydrogen-bond donors (Lipinski definition) is 0. The lowest BCUT2D eigenvalue weighted by atomic mass is 10.1. The van der Waals surface area contributed by atoms with Crippen LogP contribution in [0.2, 0.25) is 0 Å². The first-order valence-electron chi connectivity index (χ1n) is 4.55. The third-order valence-electron chi connectivity index (χ3n) is 3.33. The molecule has 0 aromatic carbocycles. The Morgan fingerprint density at radius 1 is 1.36 bits per heavy atom. The summed E-state index contributed by atoms with van der Waals surface area (Å²) in [7, 11) is 4.63. The summed E-state index contributed by atoms with van der Waals surface area (Å²) >= 11 is 0. The lowest BCUT2D eigenvalue weighted by Crippen LogP contribution is -2.44. The standard InChI is InChI=1S/C9H21N2/c1-6-10-7-11(4,5)9(3)8(10)2/h8-9H,6-7H2,1-5H3/q+1. The predicted molar refractivity (Wildman–Crippen MR) is 48.3 cm³/mol. The third-order valence-corrected chi connectivity index (χ3v) is 3.33. The van der Waals surface area contributed by atoms with Gasteiger partial charge in [-0.15, -0.1) is 0 Å². The molecule has 0 amide bonds. The number of rotatable bonds is 1. The monoisotopic (exact) mass is 157 g/mol. The molecule has 0 N–H and O–H groups in total. The molecule has 0 aromatic rings. The van der Waals surface area contributed by atoms with E-state index in [0.717, 1.165) is 16.6 Å². The van der Waals surface area contributed by atoms with E-state index in [1.165, 1.54) is 13.2 Å². The number of likely N-dealkylation sites (N-methyl/N-ethyl adjacent to an activating group) is 2. The van der Waals surface area contributed by atoms with Gasteiger partial charge in [0, 0.05) is 6.54 Å². The third kappa shape index (κ3) is 1.42. The Balaban J connectivity index is 2.69. The molecule has 0 aliphatic carbocycles. The normalized spacial score (nSPS) is 37.9. The second kappa shape index (κ2) is 2.76. The van der Waals surface area contributed by atoms with Crippen LogP contribution < -0.4 is 0 Å². The predicted octanol–water partition coefficient (Wildman–Crippen LogP) is 1.13. The molecule has 2 nitrogen and oxygen atoms in total. The van der Waals surface area contributed by atoms with Crippen LogP contribution in [-0.4, -0.2) is 48.8 Å². The van der Waals surface area contributed by atoms with Gasteiger partial charge in [-0.3, -0.25) is 0 Å². The smallest absolute Gasteiger partial charge is 0.135 e. The quantitative estimate of drug-likeness (QED) is 0.516. The zero-order valence-electron chi connectivity index (χ0n) is 8.46. The van der Waals surface area contributed by atoms with Crippen LogP contribution in [-0.2, 0) is 0 Å². The van der Waals surface area contributed by atoms with Crippen LogP contribution in [0.4, 0.5) is 0 Å². The average molecular weight is 157 g/mol. The van der Waals surface area contributed by atoms with Crippen LogP contribution >= 0.6 is 0 Å². The summed E-state index contributed by atoms with van der Waals surface area (Å²) in [6.07, 6.45) is 0. The first kappa shape index (κ1) is 9.01. The van der Waals surface area contributed by atoms with Gasteiger partial charge in [-0.25, -0.2) is 4.90 Å². The number of quaternary nitrogens is 1. The highest BCUT2D eigenvalue weighted by atomic mass is 15.5. The molecule has 2 atom stereocenters. The van der Waals surface area contributed by atoms with Crippen molar-refractivity contribution >= 4 is 0 Å². The molecule has 0 saturated carbocycles. The summed E-state index contributed by atoms with van der Waals surface area (Å²) in [6.45, 7) is 9.32. The summed E-state index contributed by atoms with van der Waals surface area (Å²) in [5.74, 6) is 0. The molecule has 11 heavy (non-hydrogen) atoms. The van der Waals surface area contributed by atoms with Crippen molar-refractivity contribution in [3.8, 4) is 0 Å². The maximum Gasteiger partial charge on any atom is 0.135 e. The van der Waals surface area contributed by atoms with Crippen LogP contribution in [0, 0.1) is 0 Å². The molecule has 1 rings (SSSR count). The first-order chi connectivity index (χ1) is 4.99. The molecule has 1 aliphatic rings. The van der Waals surface area contributed by atoms with E-state index in [1.54, 1.807) is 0 Å². The molecule has 0 spiro atoms. The van der Waals surface area contributed by atoms with Crippen LogP contribution in [0.3, 0.4) is 0 Å². The van der Waals surface area contributed by atoms with Gasteiger partial charge in [0.15, 0.2) is 0 Å². The topological polar surface area (TPSA) is 3.24 Å². The molecule has 1 aliphatic heterocycles. The minimum atomic E-state index is 0.745. The summed E-state index contributed by atoms with van der Waals surface area (Å²) < 4.78 is 1.15. The molecule has 1 heterocycles. The molecule has 0 aromatic heterocycles. The van der Waals surface area contributed by atoms with Gasteiger partial charge in [-0.1, -0.05) is 6.92 Å². The maximum absolute atomic E-state index is 2.55. The van der Waals surface area contributed by atoms with Crippen molar-refractivity contribution in [2.24, 2.45) is 0 Å². The highest BCUT2D eigenvalue weighted by Gasteiger charge is 2.41. The van der Waals surface area contributed by atoms with Gasteiger partial charge in [0.1, 0.15) is 12.7 Å². The zero-order chi connectivity index (χ0) is 8.65. The Labute approximate surface area is 70.4 Å². The molecular formula is C9H21N2+. The van der Waals surface area contributed by atoms with Crippen molar-refractivity contribution in [3.05, 3.63) is 0 Å². The van der Waals surface area contributed by atoms with Crippen LogP contribution in [0.15, 0.2) is 0 Å². The molecular weight excluding hydrogens is 136 g/mol. The Hall–Kier alpha value is -0.0800. The number of hydrogen-bond acceptors (Lipinski definition) is 1.